The highest BCUT2D eigenvalue weighted by Gasteiger charge is 2.02. The summed E-state index contributed by atoms with van der Waals surface area (Å²) >= 11 is 0. The molecule has 0 N–H and O–H groups in total. The molecule has 2 radical (unpaired) electrons. The van der Waals surface area contributed by atoms with E-state index in [2.05, 4.69) is 9.97 Å². The zero-order chi connectivity index (χ0) is 12.1. The van der Waals surface area contributed by atoms with Crippen LogP contribution in [0, 0.1) is 11.9 Å². The molecule has 0 unspecified atom stereocenters. The quantitative estimate of drug-likeness (QED) is 0.545. The molecule has 0 aliphatic rings. The molecular weight excluding hydrogens is 224 g/mol. The van der Waals surface area contributed by atoms with E-state index in [0.29, 0.717) is 10.9 Å². The van der Waals surface area contributed by atoms with Gasteiger partial charge < -0.3 is 4.57 Å². The van der Waals surface area contributed by atoms with Gasteiger partial charge in [-0.15, -0.1) is 0 Å². The van der Waals surface area contributed by atoms with Crippen LogP contribution in [0.1, 0.15) is 0 Å². The summed E-state index contributed by atoms with van der Waals surface area (Å²) in [5.41, 5.74) is 1.25. The maximum Gasteiger partial charge on any atom is 0.314 e. The first kappa shape index (κ1) is 11.7. The fourth-order valence-electron chi connectivity index (χ4n) is 1.11. The first-order valence-electron chi connectivity index (χ1n) is 4.79. The third-order valence-electron chi connectivity index (χ3n) is 1.91. The van der Waals surface area contributed by atoms with Crippen molar-refractivity contribution >= 4 is 25.9 Å². The molecule has 7 heteroatoms. The second kappa shape index (κ2) is 5.54. The Kier molecular flexibility index (Phi) is 3.82. The molecule has 2 heterocycles. The Bertz CT molecular complexity index is 433. The number of hydrogen-bond donors (Lipinski definition) is 0. The third kappa shape index (κ3) is 3.64. The van der Waals surface area contributed by atoms with Gasteiger partial charge in [0.05, 0.1) is 0 Å². The van der Waals surface area contributed by atoms with Crippen LogP contribution < -0.4 is 10.9 Å². The van der Waals surface area contributed by atoms with Gasteiger partial charge in [0.25, 0.3) is 0 Å². The molecule has 0 spiro atoms. The summed E-state index contributed by atoms with van der Waals surface area (Å²) in [5.74, 6) is -1.09. The van der Waals surface area contributed by atoms with Crippen LogP contribution in [0.25, 0.3) is 0 Å². The first-order valence-corrected chi connectivity index (χ1v) is 4.79. The molecule has 0 atom stereocenters. The van der Waals surface area contributed by atoms with Crippen molar-refractivity contribution in [3.8, 4) is 0 Å². The number of nitrogens with zero attached hydrogens (tertiary/aromatic N) is 2. The minimum Gasteiger partial charge on any atom is -0.498 e. The van der Waals surface area contributed by atoms with Gasteiger partial charge in [-0.2, -0.15) is 8.78 Å². The van der Waals surface area contributed by atoms with E-state index in [4.69, 9.17) is 4.57 Å². The maximum absolute atomic E-state index is 12.5. The topological polar surface area (TPSA) is 35.0 Å². The molecule has 2 aromatic heterocycles. The van der Waals surface area contributed by atoms with Gasteiger partial charge in [-0.25, -0.2) is 9.97 Å². The van der Waals surface area contributed by atoms with Gasteiger partial charge in [0.2, 0.25) is 11.9 Å². The van der Waals surface area contributed by atoms with Crippen molar-refractivity contribution in [1.82, 2.24) is 9.97 Å². The van der Waals surface area contributed by atoms with Gasteiger partial charge in [-0.3, -0.25) is 0 Å². The molecule has 0 saturated heterocycles. The monoisotopic (exact) mass is 230 g/mol. The van der Waals surface area contributed by atoms with Crippen molar-refractivity contribution in [2.45, 2.75) is 0 Å². The summed E-state index contributed by atoms with van der Waals surface area (Å²) in [6.07, 6.45) is 2.68. The molecule has 0 aliphatic heterocycles. The van der Waals surface area contributed by atoms with Crippen LogP contribution in [0.2, 0.25) is 0 Å². The fourth-order valence-corrected chi connectivity index (χ4v) is 1.11. The number of halogens is 2. The van der Waals surface area contributed by atoms with Gasteiger partial charge in [0, 0.05) is 12.4 Å². The summed E-state index contributed by atoms with van der Waals surface area (Å²) in [6, 6.07) is 5.52. The van der Waals surface area contributed by atoms with Crippen molar-refractivity contribution in [2.75, 3.05) is 0 Å². The molecule has 0 bridgehead atoms. The highest BCUT2D eigenvalue weighted by Crippen LogP contribution is 1.88. The molecule has 3 nitrogen and oxygen atoms in total. The van der Waals surface area contributed by atoms with Gasteiger partial charge >= 0.3 is 15.0 Å². The van der Waals surface area contributed by atoms with Crippen LogP contribution >= 0.6 is 0 Å². The second-order valence-electron chi connectivity index (χ2n) is 3.20. The highest BCUT2D eigenvalue weighted by molar-refractivity contribution is 6.59. The lowest BCUT2D eigenvalue weighted by Crippen LogP contribution is -2.26. The zero-order valence-corrected chi connectivity index (χ0v) is 8.68. The average molecular weight is 230 g/mol. The van der Waals surface area contributed by atoms with Crippen molar-refractivity contribution in [2.24, 2.45) is 0 Å². The number of aromatic nitrogens is 2. The van der Waals surface area contributed by atoms with E-state index < -0.39 is 11.9 Å². The summed E-state index contributed by atoms with van der Waals surface area (Å²) in [6.45, 7) is 0. The summed E-state index contributed by atoms with van der Waals surface area (Å²) in [7, 11) is 2.80. The molecular formula is C10H6B2F2N2O. The Labute approximate surface area is 98.4 Å². The largest absolute Gasteiger partial charge is 0.498 e. The van der Waals surface area contributed by atoms with Crippen LogP contribution in [0.3, 0.4) is 0 Å². The lowest BCUT2D eigenvalue weighted by atomic mass is 9.82. The predicted molar refractivity (Wildman–Crippen MR) is 60.3 cm³/mol. The van der Waals surface area contributed by atoms with Crippen LogP contribution in [0.4, 0.5) is 8.78 Å². The zero-order valence-electron chi connectivity index (χ0n) is 8.68. The van der Waals surface area contributed by atoms with Crippen molar-refractivity contribution < 1.29 is 13.4 Å². The van der Waals surface area contributed by atoms with Crippen molar-refractivity contribution in [1.29, 1.82) is 0 Å². The van der Waals surface area contributed by atoms with Gasteiger partial charge in [-0.1, -0.05) is 12.1 Å². The first-order chi connectivity index (χ1) is 8.24. The normalized spacial score (nSPS) is 10.0. The molecule has 0 fully saturated rings. The standard InChI is InChI=1S/C10H6B2F2N2O/c13-9-3-1-7(5-15-9)11-17-12-8-2-4-10(14)16-6-8/h1-6H. The lowest BCUT2D eigenvalue weighted by molar-refractivity contribution is 0.584. The molecule has 17 heavy (non-hydrogen) atoms. The van der Waals surface area contributed by atoms with Crippen LogP contribution in [-0.4, -0.2) is 24.9 Å². The predicted octanol–water partition coefficient (Wildman–Crippen LogP) is -0.0394. The van der Waals surface area contributed by atoms with Gasteiger partial charge in [0.15, 0.2) is 0 Å². The third-order valence-corrected chi connectivity index (χ3v) is 1.91. The number of rotatable bonds is 4. The average Bonchev–Trinajstić information content (AvgIpc) is 2.34. The molecule has 2 aromatic rings. The van der Waals surface area contributed by atoms with Crippen molar-refractivity contribution in [3.63, 3.8) is 0 Å². The van der Waals surface area contributed by atoms with Crippen LogP contribution in [0.15, 0.2) is 36.7 Å². The summed E-state index contributed by atoms with van der Waals surface area (Å²) in [4.78, 5) is 6.93. The van der Waals surface area contributed by atoms with Gasteiger partial charge in [0.1, 0.15) is 0 Å². The molecule has 0 aliphatic carbocycles. The van der Waals surface area contributed by atoms with Crippen LogP contribution in [-0.2, 0) is 4.57 Å². The van der Waals surface area contributed by atoms with Gasteiger partial charge in [-0.05, 0) is 23.1 Å². The number of hydrogen-bond acceptors (Lipinski definition) is 3. The van der Waals surface area contributed by atoms with Crippen molar-refractivity contribution in [3.05, 3.63) is 48.6 Å². The number of pyridine rings is 2. The molecule has 0 saturated carbocycles. The Balaban J connectivity index is 1.83. The molecule has 0 amide bonds. The summed E-state index contributed by atoms with van der Waals surface area (Å²) in [5, 5.41) is 0. The fraction of sp³-hybridized carbons (Fsp3) is 0. The molecule has 82 valence electrons. The smallest absolute Gasteiger partial charge is 0.314 e. The molecule has 0 aromatic carbocycles. The minimum atomic E-state index is -0.547. The summed E-state index contributed by atoms with van der Waals surface area (Å²) < 4.78 is 30.1. The Hall–Kier alpha value is -1.75. The molecule has 2 rings (SSSR count). The van der Waals surface area contributed by atoms with E-state index in [9.17, 15) is 8.78 Å². The Morgan fingerprint density at radius 3 is 1.65 bits per heavy atom. The van der Waals surface area contributed by atoms with E-state index in [1.54, 1.807) is 0 Å². The van der Waals surface area contributed by atoms with E-state index in [-0.39, 0.29) is 0 Å². The van der Waals surface area contributed by atoms with E-state index in [1.165, 1.54) is 51.6 Å². The van der Waals surface area contributed by atoms with E-state index in [1.807, 2.05) is 0 Å². The Morgan fingerprint density at radius 2 is 1.29 bits per heavy atom. The second-order valence-corrected chi connectivity index (χ2v) is 3.20. The van der Waals surface area contributed by atoms with E-state index >= 15 is 0 Å². The maximum atomic E-state index is 12.5. The van der Waals surface area contributed by atoms with E-state index in [0.717, 1.165) is 0 Å². The lowest BCUT2D eigenvalue weighted by Gasteiger charge is -2.01. The Morgan fingerprint density at radius 1 is 0.824 bits per heavy atom. The SMILES string of the molecule is Fc1ccc([B]O[B]c2ccc(F)nc2)cn1. The minimum absolute atomic E-state index is 0.547. The highest BCUT2D eigenvalue weighted by atomic mass is 19.1. The van der Waals surface area contributed by atoms with Crippen LogP contribution in [0.5, 0.6) is 0 Å².